The number of aromatic carboxylic acids is 3. The van der Waals surface area contributed by atoms with Crippen LogP contribution in [0.25, 0.3) is 0 Å². The zero-order chi connectivity index (χ0) is 59.5. The van der Waals surface area contributed by atoms with E-state index in [-0.39, 0.29) is 80.3 Å². The van der Waals surface area contributed by atoms with Crippen molar-refractivity contribution in [1.82, 2.24) is 11.0 Å². The normalized spacial score (nSPS) is 9.47. The summed E-state index contributed by atoms with van der Waals surface area (Å²) >= 11 is 0. The van der Waals surface area contributed by atoms with Crippen LogP contribution in [0.1, 0.15) is 111 Å². The van der Waals surface area contributed by atoms with Crippen molar-refractivity contribution in [2.45, 2.75) is 7.43 Å². The van der Waals surface area contributed by atoms with Gasteiger partial charge >= 0.3 is 35.8 Å². The maximum absolute atomic E-state index is 11.9. The second kappa shape index (κ2) is 32.6. The van der Waals surface area contributed by atoms with Crippen LogP contribution in [-0.2, 0) is 14.2 Å². The fraction of sp³-hybridized carbons (Fsp3) is 0.0714. The Bertz CT molecular complexity index is 3370. The van der Waals surface area contributed by atoms with E-state index in [1.807, 2.05) is 6.07 Å². The first-order valence-corrected chi connectivity index (χ1v) is 22.1. The number of rotatable bonds is 14. The monoisotopic (exact) mass is 1120 g/mol. The molecule has 2 amide bonds. The summed E-state index contributed by atoms with van der Waals surface area (Å²) in [7, 11) is 3.67. The fourth-order valence-electron chi connectivity index (χ4n) is 5.74. The zero-order valence-corrected chi connectivity index (χ0v) is 41.8. The lowest BCUT2D eigenvalue weighted by Crippen LogP contribution is -2.27. The minimum atomic E-state index is -1.25. The third-order valence-corrected chi connectivity index (χ3v) is 9.79. The predicted molar refractivity (Wildman–Crippen MR) is 282 cm³/mol. The highest BCUT2D eigenvalue weighted by atomic mass is 16.7. The maximum atomic E-state index is 11.9. The van der Waals surface area contributed by atoms with E-state index < -0.39 is 59.1 Å². The number of methoxy groups -OCH3 is 3. The number of carbonyl (C=O) groups is 10. The molecule has 25 heteroatoms. The lowest BCUT2D eigenvalue weighted by atomic mass is 10.1. The molecule has 0 aliphatic carbocycles. The number of aldehydes is 2. The van der Waals surface area contributed by atoms with Gasteiger partial charge in [0.05, 0.1) is 71.4 Å². The average Bonchev–Trinajstić information content (AvgIpc) is 3.46. The van der Waals surface area contributed by atoms with Gasteiger partial charge in [-0.15, -0.1) is 0 Å². The van der Waals surface area contributed by atoms with Crippen molar-refractivity contribution in [2.24, 2.45) is 0 Å². The van der Waals surface area contributed by atoms with Gasteiger partial charge in [0.25, 0.3) is 11.8 Å². The summed E-state index contributed by atoms with van der Waals surface area (Å²) in [5, 5.41) is 72.7. The van der Waals surface area contributed by atoms with E-state index in [9.17, 15) is 68.4 Å². The highest BCUT2D eigenvalue weighted by molar-refractivity contribution is 6.00. The summed E-state index contributed by atoms with van der Waals surface area (Å²) in [5.74, 6) is -7.54. The molecule has 422 valence electrons. The van der Waals surface area contributed by atoms with E-state index in [2.05, 4.69) is 25.2 Å². The van der Waals surface area contributed by atoms with Crippen LogP contribution in [-0.4, -0.2) is 122 Å². The number of phenols is 5. The van der Waals surface area contributed by atoms with Crippen molar-refractivity contribution in [3.8, 4) is 40.2 Å². The largest absolute Gasteiger partial charge is 0.507 e. The molecule has 7 aromatic rings. The van der Waals surface area contributed by atoms with Crippen molar-refractivity contribution in [2.75, 3.05) is 21.3 Å². The third-order valence-electron chi connectivity index (χ3n) is 9.79. The first kappa shape index (κ1) is 65.4. The van der Waals surface area contributed by atoms with Crippen LogP contribution in [0.2, 0.25) is 0 Å². The van der Waals surface area contributed by atoms with Crippen molar-refractivity contribution in [3.63, 3.8) is 0 Å². The lowest BCUT2D eigenvalue weighted by molar-refractivity contribution is 0.0591. The second-order valence-corrected chi connectivity index (χ2v) is 15.1. The topological polar surface area (TPSA) is 403 Å². The molecule has 0 atom stereocenters. The molecule has 0 aliphatic heterocycles. The van der Waals surface area contributed by atoms with Gasteiger partial charge in [0.1, 0.15) is 34.3 Å². The summed E-state index contributed by atoms with van der Waals surface area (Å²) in [6.07, 6.45) is 0.970. The highest BCUT2D eigenvalue weighted by Gasteiger charge is 2.17. The molecule has 10 N–H and O–H groups in total. The average molecular weight is 1120 g/mol. The van der Waals surface area contributed by atoms with Gasteiger partial charge in [0.15, 0.2) is 24.1 Å². The lowest BCUT2D eigenvalue weighted by Gasteiger charge is -2.08. The van der Waals surface area contributed by atoms with Crippen LogP contribution in [0.3, 0.4) is 0 Å². The molecule has 0 aliphatic rings. The van der Waals surface area contributed by atoms with Crippen molar-refractivity contribution in [3.05, 3.63) is 207 Å². The van der Waals surface area contributed by atoms with Gasteiger partial charge in [-0.05, 0) is 115 Å². The second-order valence-electron chi connectivity index (χ2n) is 15.1. The van der Waals surface area contributed by atoms with E-state index in [4.69, 9.17) is 30.1 Å². The standard InChI is InChI=1S/C15H13NO5.C14H11NO5.C9H8O5.C9H8O4.C8H6O4.CH4/c1-20-15(19)10-7-8-12(13(17)9-10)14(18)16-21-11-5-3-2-4-6-11;16-12-8-9(14(18)19)6-7-11(12)13(17)15-20-10-4-2-1-3-5-10;1-14-9(13)5-2-3-6(8(11)12)7(10)4-5;1-13-9(12)6-2-3-7(5-10)8(11)4-6;9-4-6-2-1-5(8(11)12)3-7(6)10;/h2-9,17H,1H3,(H,16,18);1-8,16H,(H,15,17)(H,18,19);2-4,10H,1H3,(H,11,12);2-5,11H,1H3;1-4,10H,(H,11,12);1H4. The molecular weight excluding hydrogens is 1070 g/mol. The molecule has 0 bridgehead atoms. The number of esters is 3. The number of amides is 2. The number of benzene rings is 7. The smallest absolute Gasteiger partial charge is 0.339 e. The van der Waals surface area contributed by atoms with E-state index in [0.29, 0.717) is 24.1 Å². The van der Waals surface area contributed by atoms with Crippen LogP contribution < -0.4 is 20.6 Å². The Kier molecular flexibility index (Phi) is 26.3. The number of carbonyl (C=O) groups excluding carboxylic acids is 7. The van der Waals surface area contributed by atoms with Crippen molar-refractivity contribution < 1.29 is 113 Å². The Morgan fingerprint density at radius 3 is 0.951 bits per heavy atom. The SMILES string of the molecule is C.COC(=O)c1ccc(C(=O)NOc2ccccc2)c(O)c1.COC(=O)c1ccc(C(=O)O)c(O)c1.COC(=O)c1ccc(C=O)c(O)c1.O=C(O)c1ccc(C(=O)NOc2ccccc2)c(O)c1.O=Cc1ccc(C(=O)O)cc1O. The highest BCUT2D eigenvalue weighted by Crippen LogP contribution is 2.23. The van der Waals surface area contributed by atoms with Gasteiger partial charge in [-0.1, -0.05) is 43.8 Å². The first-order chi connectivity index (χ1) is 38.1. The molecule has 0 saturated heterocycles. The van der Waals surface area contributed by atoms with E-state index in [1.165, 1.54) is 82.0 Å². The molecule has 0 spiro atoms. The molecule has 0 unspecified atom stereocenters. The fourth-order valence-corrected chi connectivity index (χ4v) is 5.74. The predicted octanol–water partition coefficient (Wildman–Crippen LogP) is 7.12. The molecule has 0 saturated carbocycles. The number of aromatic hydroxyl groups is 5. The maximum Gasteiger partial charge on any atom is 0.339 e. The zero-order valence-electron chi connectivity index (χ0n) is 41.8. The summed E-state index contributed by atoms with van der Waals surface area (Å²) < 4.78 is 13.3. The third kappa shape index (κ3) is 20.4. The van der Waals surface area contributed by atoms with Gasteiger partial charge in [-0.3, -0.25) is 19.2 Å². The minimum Gasteiger partial charge on any atom is -0.507 e. The summed E-state index contributed by atoms with van der Waals surface area (Å²) in [5.41, 5.74) is 4.56. The molecule has 7 aromatic carbocycles. The Morgan fingerprint density at radius 2 is 0.654 bits per heavy atom. The first-order valence-electron chi connectivity index (χ1n) is 22.1. The number of carboxylic acids is 3. The summed E-state index contributed by atoms with van der Waals surface area (Å²) in [4.78, 5) is 119. The molecule has 0 heterocycles. The van der Waals surface area contributed by atoms with Gasteiger partial charge < -0.3 is 64.7 Å². The Balaban J connectivity index is 0.000000351. The number of phenolic OH excluding ortho intramolecular Hbond substituents is 4. The molecule has 7 rings (SSSR count). The van der Waals surface area contributed by atoms with Gasteiger partial charge in [0.2, 0.25) is 0 Å². The van der Waals surface area contributed by atoms with Crippen LogP contribution in [0.15, 0.2) is 152 Å². The Labute approximate surface area is 458 Å². The van der Waals surface area contributed by atoms with E-state index in [0.717, 1.165) is 30.3 Å². The number of nitrogens with one attached hydrogen (secondary N) is 2. The van der Waals surface area contributed by atoms with Crippen molar-refractivity contribution in [1.29, 1.82) is 0 Å². The molecular formula is C56H50N2O23. The number of ether oxygens (including phenoxy) is 3. The minimum absolute atomic E-state index is 0. The number of hydroxylamine groups is 2. The number of carboxylic acid groups (broad SMARTS) is 3. The van der Waals surface area contributed by atoms with Crippen LogP contribution >= 0.6 is 0 Å². The molecule has 25 nitrogen and oxygen atoms in total. The summed E-state index contributed by atoms with van der Waals surface area (Å²) in [6.45, 7) is 0. The van der Waals surface area contributed by atoms with Crippen LogP contribution in [0, 0.1) is 0 Å². The van der Waals surface area contributed by atoms with E-state index >= 15 is 0 Å². The van der Waals surface area contributed by atoms with Gasteiger partial charge in [0, 0.05) is 0 Å². The Hall–Kier alpha value is -11.8. The molecule has 0 aromatic heterocycles. The number of para-hydroxylation sites is 2. The number of hydrogen-bond donors (Lipinski definition) is 10. The van der Waals surface area contributed by atoms with Crippen LogP contribution in [0.4, 0.5) is 0 Å². The van der Waals surface area contributed by atoms with Crippen LogP contribution in [0.5, 0.6) is 40.2 Å². The quantitative estimate of drug-likeness (QED) is 0.0224. The number of hydrogen-bond acceptors (Lipinski definition) is 20. The Morgan fingerprint density at radius 1 is 0.370 bits per heavy atom. The summed E-state index contributed by atoms with van der Waals surface area (Å²) in [6, 6.07) is 35.5. The van der Waals surface area contributed by atoms with E-state index in [1.54, 1.807) is 54.6 Å². The van der Waals surface area contributed by atoms with Gasteiger partial charge in [-0.25, -0.2) is 28.8 Å². The molecule has 81 heavy (non-hydrogen) atoms. The molecule has 0 radical (unpaired) electrons. The molecule has 0 fully saturated rings. The van der Waals surface area contributed by atoms with Gasteiger partial charge in [-0.2, -0.15) is 11.0 Å². The van der Waals surface area contributed by atoms with Crippen molar-refractivity contribution >= 4 is 60.2 Å².